The fourth-order valence-electron chi connectivity index (χ4n) is 3.37. The van der Waals surface area contributed by atoms with Gasteiger partial charge in [0.2, 0.25) is 0 Å². The van der Waals surface area contributed by atoms with Crippen LogP contribution in [0.15, 0.2) is 42.5 Å². The van der Waals surface area contributed by atoms with Gasteiger partial charge in [0.15, 0.2) is 0 Å². The molecule has 0 saturated carbocycles. The number of rotatable bonds is 1. The topological polar surface area (TPSA) is 37.3 Å². The van der Waals surface area contributed by atoms with Crippen LogP contribution in [0.1, 0.15) is 34.3 Å². The molecule has 0 bridgehead atoms. The van der Waals surface area contributed by atoms with Gasteiger partial charge in [-0.3, -0.25) is 0 Å². The SMILES string of the molecule is O=C(O)c1ccc2cc3cc4c(cc3cc2c1)CCCC4. The summed E-state index contributed by atoms with van der Waals surface area (Å²) >= 11 is 0. The van der Waals surface area contributed by atoms with Gasteiger partial charge < -0.3 is 5.11 Å². The molecule has 1 aliphatic rings. The molecule has 0 saturated heterocycles. The van der Waals surface area contributed by atoms with E-state index in [1.165, 1.54) is 47.6 Å². The molecule has 104 valence electrons. The first-order chi connectivity index (χ1) is 10.2. The molecule has 2 nitrogen and oxygen atoms in total. The second kappa shape index (κ2) is 4.59. The predicted octanol–water partition coefficient (Wildman–Crippen LogP) is 4.57. The lowest BCUT2D eigenvalue weighted by Gasteiger charge is -2.17. The van der Waals surface area contributed by atoms with Crippen molar-refractivity contribution in [3.63, 3.8) is 0 Å². The molecule has 1 N–H and O–H groups in total. The molecule has 0 spiro atoms. The fraction of sp³-hybridized carbons (Fsp3) is 0.211. The number of benzene rings is 3. The van der Waals surface area contributed by atoms with Crippen molar-refractivity contribution in [3.8, 4) is 0 Å². The summed E-state index contributed by atoms with van der Waals surface area (Å²) in [5.74, 6) is -0.873. The minimum absolute atomic E-state index is 0.347. The van der Waals surface area contributed by atoms with Gasteiger partial charge in [0.25, 0.3) is 0 Å². The van der Waals surface area contributed by atoms with Gasteiger partial charge in [-0.25, -0.2) is 4.79 Å². The zero-order chi connectivity index (χ0) is 14.4. The number of aryl methyl sites for hydroxylation is 2. The number of carboxylic acid groups (broad SMARTS) is 1. The highest BCUT2D eigenvalue weighted by Gasteiger charge is 2.11. The first-order valence-electron chi connectivity index (χ1n) is 7.43. The van der Waals surface area contributed by atoms with E-state index in [1.807, 2.05) is 6.07 Å². The molecule has 4 rings (SSSR count). The maximum atomic E-state index is 11.1. The van der Waals surface area contributed by atoms with Gasteiger partial charge in [-0.1, -0.05) is 18.2 Å². The van der Waals surface area contributed by atoms with Gasteiger partial charge >= 0.3 is 5.97 Å². The largest absolute Gasteiger partial charge is 0.478 e. The lowest BCUT2D eigenvalue weighted by molar-refractivity contribution is 0.0697. The van der Waals surface area contributed by atoms with Crippen LogP contribution < -0.4 is 0 Å². The Labute approximate surface area is 123 Å². The molecule has 0 aliphatic heterocycles. The van der Waals surface area contributed by atoms with Gasteiger partial charge in [0.1, 0.15) is 0 Å². The van der Waals surface area contributed by atoms with Crippen LogP contribution in [-0.2, 0) is 12.8 Å². The van der Waals surface area contributed by atoms with Crippen molar-refractivity contribution >= 4 is 27.5 Å². The quantitative estimate of drug-likeness (QED) is 0.661. The van der Waals surface area contributed by atoms with Crippen LogP contribution in [0.3, 0.4) is 0 Å². The number of aromatic carboxylic acids is 1. The van der Waals surface area contributed by atoms with Crippen molar-refractivity contribution in [1.82, 2.24) is 0 Å². The van der Waals surface area contributed by atoms with Crippen LogP contribution in [0.5, 0.6) is 0 Å². The summed E-state index contributed by atoms with van der Waals surface area (Å²) in [6.07, 6.45) is 4.91. The summed E-state index contributed by atoms with van der Waals surface area (Å²) < 4.78 is 0. The van der Waals surface area contributed by atoms with Crippen molar-refractivity contribution in [2.24, 2.45) is 0 Å². The minimum atomic E-state index is -0.873. The number of carbonyl (C=O) groups is 1. The molecular weight excluding hydrogens is 260 g/mol. The Bertz CT molecular complexity index is 877. The van der Waals surface area contributed by atoms with E-state index in [-0.39, 0.29) is 0 Å². The zero-order valence-electron chi connectivity index (χ0n) is 11.7. The number of fused-ring (bicyclic) bond motifs is 3. The van der Waals surface area contributed by atoms with E-state index in [9.17, 15) is 4.79 Å². The van der Waals surface area contributed by atoms with E-state index in [0.717, 1.165) is 10.8 Å². The Hall–Kier alpha value is -2.35. The molecule has 3 aromatic carbocycles. The van der Waals surface area contributed by atoms with Gasteiger partial charge in [-0.15, -0.1) is 0 Å². The van der Waals surface area contributed by atoms with Crippen LogP contribution in [0, 0.1) is 0 Å². The summed E-state index contributed by atoms with van der Waals surface area (Å²) in [6, 6.07) is 14.2. The van der Waals surface area contributed by atoms with Crippen LogP contribution in [0.2, 0.25) is 0 Å². The Kier molecular flexibility index (Phi) is 2.71. The third-order valence-electron chi connectivity index (χ3n) is 4.50. The van der Waals surface area contributed by atoms with E-state index in [2.05, 4.69) is 24.3 Å². The van der Waals surface area contributed by atoms with E-state index in [4.69, 9.17) is 5.11 Å². The van der Waals surface area contributed by atoms with Crippen molar-refractivity contribution in [3.05, 3.63) is 59.2 Å². The van der Waals surface area contributed by atoms with Crippen LogP contribution in [0.4, 0.5) is 0 Å². The van der Waals surface area contributed by atoms with Gasteiger partial charge in [-0.2, -0.15) is 0 Å². The molecular formula is C19H16O2. The van der Waals surface area contributed by atoms with Crippen molar-refractivity contribution in [2.45, 2.75) is 25.7 Å². The first-order valence-corrected chi connectivity index (χ1v) is 7.43. The van der Waals surface area contributed by atoms with Gasteiger partial charge in [-0.05, 0) is 82.6 Å². The number of hydrogen-bond acceptors (Lipinski definition) is 1. The Morgan fingerprint density at radius 1 is 0.762 bits per heavy atom. The highest BCUT2D eigenvalue weighted by molar-refractivity contribution is 6.01. The highest BCUT2D eigenvalue weighted by atomic mass is 16.4. The van der Waals surface area contributed by atoms with E-state index >= 15 is 0 Å². The van der Waals surface area contributed by atoms with Gasteiger partial charge in [0.05, 0.1) is 5.56 Å². The van der Waals surface area contributed by atoms with E-state index in [0.29, 0.717) is 5.56 Å². The maximum absolute atomic E-state index is 11.1. The first kappa shape index (κ1) is 12.4. The van der Waals surface area contributed by atoms with Crippen molar-refractivity contribution in [2.75, 3.05) is 0 Å². The maximum Gasteiger partial charge on any atom is 0.335 e. The molecule has 3 aromatic rings. The predicted molar refractivity (Wildman–Crippen MR) is 85.1 cm³/mol. The van der Waals surface area contributed by atoms with Gasteiger partial charge in [0, 0.05) is 0 Å². The lowest BCUT2D eigenvalue weighted by atomic mass is 9.88. The average molecular weight is 276 g/mol. The van der Waals surface area contributed by atoms with Crippen LogP contribution in [-0.4, -0.2) is 11.1 Å². The Balaban J connectivity index is 1.97. The summed E-state index contributed by atoms with van der Waals surface area (Å²) in [5, 5.41) is 13.7. The lowest BCUT2D eigenvalue weighted by Crippen LogP contribution is -2.02. The molecule has 0 fully saturated rings. The molecule has 1 aliphatic carbocycles. The molecule has 2 heteroatoms. The third kappa shape index (κ3) is 2.07. The smallest absolute Gasteiger partial charge is 0.335 e. The molecule has 0 heterocycles. The number of hydrogen-bond donors (Lipinski definition) is 1. The summed E-state index contributed by atoms with van der Waals surface area (Å²) in [5.41, 5.74) is 3.29. The second-order valence-electron chi connectivity index (χ2n) is 5.89. The van der Waals surface area contributed by atoms with Crippen LogP contribution in [0.25, 0.3) is 21.5 Å². The molecule has 0 atom stereocenters. The Morgan fingerprint density at radius 3 is 1.95 bits per heavy atom. The normalized spacial score (nSPS) is 14.3. The second-order valence-corrected chi connectivity index (χ2v) is 5.89. The average Bonchev–Trinajstić information content (AvgIpc) is 2.50. The van der Waals surface area contributed by atoms with E-state index in [1.54, 1.807) is 12.1 Å². The summed E-state index contributed by atoms with van der Waals surface area (Å²) in [6.45, 7) is 0. The van der Waals surface area contributed by atoms with E-state index < -0.39 is 5.97 Å². The standard InChI is InChI=1S/C19H16O2/c20-19(21)15-6-5-14-9-17-7-12-3-1-2-4-13(12)8-18(17)11-16(14)10-15/h5-11H,1-4H2,(H,20,21). The molecule has 0 radical (unpaired) electrons. The fourth-order valence-corrected chi connectivity index (χ4v) is 3.37. The minimum Gasteiger partial charge on any atom is -0.478 e. The van der Waals surface area contributed by atoms with Crippen molar-refractivity contribution < 1.29 is 9.90 Å². The molecule has 0 aromatic heterocycles. The summed E-state index contributed by atoms with van der Waals surface area (Å²) in [4.78, 5) is 11.1. The monoisotopic (exact) mass is 276 g/mol. The Morgan fingerprint density at radius 2 is 1.33 bits per heavy atom. The van der Waals surface area contributed by atoms with Crippen LogP contribution >= 0.6 is 0 Å². The highest BCUT2D eigenvalue weighted by Crippen LogP contribution is 2.30. The van der Waals surface area contributed by atoms with Crippen molar-refractivity contribution in [1.29, 1.82) is 0 Å². The summed E-state index contributed by atoms with van der Waals surface area (Å²) in [7, 11) is 0. The molecule has 0 unspecified atom stereocenters. The molecule has 21 heavy (non-hydrogen) atoms. The molecule has 0 amide bonds. The third-order valence-corrected chi connectivity index (χ3v) is 4.50. The number of carboxylic acids is 1. The zero-order valence-corrected chi connectivity index (χ0v) is 11.7.